The van der Waals surface area contributed by atoms with Crippen molar-refractivity contribution in [3.05, 3.63) is 50.9 Å². The zero-order chi connectivity index (χ0) is 15.6. The van der Waals surface area contributed by atoms with Crippen molar-refractivity contribution in [3.8, 4) is 0 Å². The van der Waals surface area contributed by atoms with Gasteiger partial charge < -0.3 is 5.73 Å². The maximum Gasteiger partial charge on any atom is 0.264 e. The lowest BCUT2D eigenvalue weighted by atomic mass is 10.2. The average molecular weight is 434 g/mol. The molecule has 7 heteroatoms. The first-order valence-electron chi connectivity index (χ1n) is 6.19. The van der Waals surface area contributed by atoms with Gasteiger partial charge in [-0.05, 0) is 68.1 Å². The second kappa shape index (κ2) is 6.37. The molecule has 2 aromatic rings. The standard InChI is InChI=1S/C14H14Br2N2O2S/c1-2-9-3-5-11(6-4-9)18-21(19,20)14-12(15)7-10(17)8-13(14)16/h3-8,18H,2,17H2,1H3. The molecular formula is C14H14Br2N2O2S. The van der Waals surface area contributed by atoms with Gasteiger partial charge in [0, 0.05) is 20.3 Å². The molecule has 0 amide bonds. The number of benzene rings is 2. The Morgan fingerprint density at radius 1 is 1.10 bits per heavy atom. The Labute approximate surface area is 141 Å². The van der Waals surface area contributed by atoms with Crippen molar-refractivity contribution in [1.82, 2.24) is 0 Å². The van der Waals surface area contributed by atoms with Crippen LogP contribution in [0.15, 0.2) is 50.2 Å². The van der Waals surface area contributed by atoms with E-state index in [0.29, 0.717) is 20.3 Å². The molecule has 2 aromatic carbocycles. The van der Waals surface area contributed by atoms with E-state index in [-0.39, 0.29) is 4.90 Å². The molecule has 0 saturated heterocycles. The number of nitrogens with two attached hydrogens (primary N) is 1. The lowest BCUT2D eigenvalue weighted by Crippen LogP contribution is -2.14. The first-order valence-corrected chi connectivity index (χ1v) is 9.26. The van der Waals surface area contributed by atoms with E-state index in [0.717, 1.165) is 12.0 Å². The van der Waals surface area contributed by atoms with Gasteiger partial charge in [-0.25, -0.2) is 8.42 Å². The van der Waals surface area contributed by atoms with Gasteiger partial charge in [-0.1, -0.05) is 19.1 Å². The second-order valence-electron chi connectivity index (χ2n) is 4.47. The van der Waals surface area contributed by atoms with Crippen LogP contribution in [0.3, 0.4) is 0 Å². The van der Waals surface area contributed by atoms with Crippen LogP contribution in [-0.2, 0) is 16.4 Å². The molecule has 0 radical (unpaired) electrons. The fourth-order valence-corrected chi connectivity index (χ4v) is 5.53. The van der Waals surface area contributed by atoms with Gasteiger partial charge in [0.25, 0.3) is 10.0 Å². The van der Waals surface area contributed by atoms with Gasteiger partial charge in [-0.15, -0.1) is 0 Å². The molecule has 0 aliphatic carbocycles. The summed E-state index contributed by atoms with van der Waals surface area (Å²) in [5, 5.41) is 0. The third kappa shape index (κ3) is 3.78. The van der Waals surface area contributed by atoms with E-state index in [9.17, 15) is 8.42 Å². The van der Waals surface area contributed by atoms with Crippen molar-refractivity contribution in [1.29, 1.82) is 0 Å². The Morgan fingerprint density at radius 3 is 2.10 bits per heavy atom. The quantitative estimate of drug-likeness (QED) is 0.711. The summed E-state index contributed by atoms with van der Waals surface area (Å²) in [6, 6.07) is 10.4. The van der Waals surface area contributed by atoms with Crippen LogP contribution in [0, 0.1) is 0 Å². The summed E-state index contributed by atoms with van der Waals surface area (Å²) in [5.74, 6) is 0. The number of sulfonamides is 1. The number of aryl methyl sites for hydroxylation is 1. The second-order valence-corrected chi connectivity index (χ2v) is 7.80. The van der Waals surface area contributed by atoms with E-state index in [1.807, 2.05) is 19.1 Å². The van der Waals surface area contributed by atoms with Crippen molar-refractivity contribution in [2.75, 3.05) is 10.5 Å². The van der Waals surface area contributed by atoms with Gasteiger partial charge in [0.05, 0.1) is 0 Å². The maximum absolute atomic E-state index is 12.5. The summed E-state index contributed by atoms with van der Waals surface area (Å²) < 4.78 is 28.4. The summed E-state index contributed by atoms with van der Waals surface area (Å²) in [6.07, 6.45) is 0.905. The van der Waals surface area contributed by atoms with Crippen molar-refractivity contribution < 1.29 is 8.42 Å². The van der Waals surface area contributed by atoms with Gasteiger partial charge in [-0.3, -0.25) is 4.72 Å². The van der Waals surface area contributed by atoms with Crippen molar-refractivity contribution in [2.24, 2.45) is 0 Å². The molecule has 0 unspecified atom stereocenters. The highest BCUT2D eigenvalue weighted by molar-refractivity contribution is 9.11. The van der Waals surface area contributed by atoms with Gasteiger partial charge in [0.2, 0.25) is 0 Å². The lowest BCUT2D eigenvalue weighted by Gasteiger charge is -2.12. The van der Waals surface area contributed by atoms with E-state index in [4.69, 9.17) is 5.73 Å². The first kappa shape index (κ1) is 16.3. The lowest BCUT2D eigenvalue weighted by molar-refractivity contribution is 0.600. The fourth-order valence-electron chi connectivity index (χ4n) is 1.85. The number of halogens is 2. The highest BCUT2D eigenvalue weighted by atomic mass is 79.9. The molecule has 0 atom stereocenters. The summed E-state index contributed by atoms with van der Waals surface area (Å²) in [6.45, 7) is 2.04. The molecule has 0 aromatic heterocycles. The van der Waals surface area contributed by atoms with Crippen LogP contribution >= 0.6 is 31.9 Å². The molecule has 0 fully saturated rings. The monoisotopic (exact) mass is 432 g/mol. The van der Waals surface area contributed by atoms with E-state index in [1.165, 1.54) is 0 Å². The van der Waals surface area contributed by atoms with Gasteiger partial charge in [-0.2, -0.15) is 0 Å². The Balaban J connectivity index is 2.38. The normalized spacial score (nSPS) is 11.4. The highest BCUT2D eigenvalue weighted by Gasteiger charge is 2.21. The van der Waals surface area contributed by atoms with E-state index >= 15 is 0 Å². The Kier molecular flexibility index (Phi) is 4.95. The van der Waals surface area contributed by atoms with Gasteiger partial charge in [0.1, 0.15) is 4.90 Å². The molecule has 0 saturated carbocycles. The number of nitrogen functional groups attached to an aromatic ring is 1. The summed E-state index contributed by atoms with van der Waals surface area (Å²) in [4.78, 5) is 0.122. The average Bonchev–Trinajstić information content (AvgIpc) is 2.37. The Morgan fingerprint density at radius 2 is 1.62 bits per heavy atom. The minimum Gasteiger partial charge on any atom is -0.399 e. The predicted molar refractivity (Wildman–Crippen MR) is 92.9 cm³/mol. The zero-order valence-corrected chi connectivity index (χ0v) is 15.2. The molecule has 3 N–H and O–H groups in total. The van der Waals surface area contributed by atoms with Crippen molar-refractivity contribution in [2.45, 2.75) is 18.2 Å². The number of hydrogen-bond acceptors (Lipinski definition) is 3. The van der Waals surface area contributed by atoms with E-state index < -0.39 is 10.0 Å². The fraction of sp³-hybridized carbons (Fsp3) is 0.143. The number of hydrogen-bond donors (Lipinski definition) is 2. The van der Waals surface area contributed by atoms with Gasteiger partial charge in [0.15, 0.2) is 0 Å². The zero-order valence-electron chi connectivity index (χ0n) is 11.2. The van der Waals surface area contributed by atoms with Crippen molar-refractivity contribution >= 4 is 53.3 Å². The molecule has 0 bridgehead atoms. The largest absolute Gasteiger partial charge is 0.399 e. The number of anilines is 2. The molecule has 112 valence electrons. The molecule has 21 heavy (non-hydrogen) atoms. The van der Waals surface area contributed by atoms with Crippen molar-refractivity contribution in [3.63, 3.8) is 0 Å². The van der Waals surface area contributed by atoms with Crippen LogP contribution in [-0.4, -0.2) is 8.42 Å². The van der Waals surface area contributed by atoms with Crippen LogP contribution in [0.5, 0.6) is 0 Å². The maximum atomic E-state index is 12.5. The minimum atomic E-state index is -3.71. The smallest absolute Gasteiger partial charge is 0.264 e. The third-order valence-electron chi connectivity index (χ3n) is 2.90. The molecule has 0 aliphatic heterocycles. The molecule has 0 aliphatic rings. The summed E-state index contributed by atoms with van der Waals surface area (Å²) in [5.41, 5.74) is 7.82. The number of nitrogens with one attached hydrogen (secondary N) is 1. The minimum absolute atomic E-state index is 0.122. The Bertz CT molecular complexity index is 736. The molecule has 0 spiro atoms. The first-order chi connectivity index (χ1) is 9.83. The molecule has 4 nitrogen and oxygen atoms in total. The molecule has 2 rings (SSSR count). The van der Waals surface area contributed by atoms with E-state index in [1.54, 1.807) is 24.3 Å². The summed E-state index contributed by atoms with van der Waals surface area (Å²) >= 11 is 6.48. The van der Waals surface area contributed by atoms with Crippen LogP contribution in [0.2, 0.25) is 0 Å². The predicted octanol–water partition coefficient (Wildman–Crippen LogP) is 4.16. The molecular weight excluding hydrogens is 420 g/mol. The topological polar surface area (TPSA) is 72.2 Å². The SMILES string of the molecule is CCc1ccc(NS(=O)(=O)c2c(Br)cc(N)cc2Br)cc1. The van der Waals surface area contributed by atoms with Crippen LogP contribution < -0.4 is 10.5 Å². The number of rotatable bonds is 4. The van der Waals surface area contributed by atoms with Crippen LogP contribution in [0.1, 0.15) is 12.5 Å². The van der Waals surface area contributed by atoms with Gasteiger partial charge >= 0.3 is 0 Å². The third-order valence-corrected chi connectivity index (χ3v) is 6.16. The summed E-state index contributed by atoms with van der Waals surface area (Å²) in [7, 11) is -3.71. The Hall–Kier alpha value is -1.05. The molecule has 0 heterocycles. The van der Waals surface area contributed by atoms with E-state index in [2.05, 4.69) is 36.6 Å². The van der Waals surface area contributed by atoms with Crippen LogP contribution in [0.25, 0.3) is 0 Å². The highest BCUT2D eigenvalue weighted by Crippen LogP contribution is 2.33. The van der Waals surface area contributed by atoms with Crippen LogP contribution in [0.4, 0.5) is 11.4 Å².